The van der Waals surface area contributed by atoms with E-state index in [-0.39, 0.29) is 11.9 Å². The van der Waals surface area contributed by atoms with Gasteiger partial charge in [0.2, 0.25) is 0 Å². The molecule has 0 spiro atoms. The van der Waals surface area contributed by atoms with E-state index >= 15 is 0 Å². The molecule has 7 heteroatoms. The Labute approximate surface area is 175 Å². The van der Waals surface area contributed by atoms with Gasteiger partial charge in [0.15, 0.2) is 5.65 Å². The zero-order valence-corrected chi connectivity index (χ0v) is 18.0. The van der Waals surface area contributed by atoms with Gasteiger partial charge in [0.05, 0.1) is 35.4 Å². The minimum Gasteiger partial charge on any atom is -0.345 e. The summed E-state index contributed by atoms with van der Waals surface area (Å²) in [6.07, 6.45) is 1.80. The van der Waals surface area contributed by atoms with Crippen LogP contribution in [-0.2, 0) is 13.6 Å². The Morgan fingerprint density at radius 1 is 1.17 bits per heavy atom. The lowest BCUT2D eigenvalue weighted by atomic mass is 10.1. The van der Waals surface area contributed by atoms with Crippen molar-refractivity contribution < 1.29 is 4.79 Å². The van der Waals surface area contributed by atoms with Crippen molar-refractivity contribution in [1.82, 2.24) is 29.9 Å². The fraction of sp³-hybridized carbons (Fsp3) is 0.304. The average Bonchev–Trinajstić information content (AvgIpc) is 3.21. The summed E-state index contributed by atoms with van der Waals surface area (Å²) in [5.74, 6) is -0.136. The number of nitrogens with zero attached hydrogens (tertiary/aromatic N) is 5. The molecule has 3 heterocycles. The Morgan fingerprint density at radius 2 is 1.90 bits per heavy atom. The zero-order chi connectivity index (χ0) is 21.4. The molecule has 0 aliphatic rings. The average molecular weight is 403 g/mol. The number of hydrogen-bond donors (Lipinski definition) is 1. The van der Waals surface area contributed by atoms with E-state index < -0.39 is 0 Å². The second-order valence-corrected chi connectivity index (χ2v) is 7.74. The maximum absolute atomic E-state index is 13.2. The van der Waals surface area contributed by atoms with Gasteiger partial charge in [-0.05, 0) is 39.3 Å². The molecule has 1 amide bonds. The minimum absolute atomic E-state index is 0.136. The number of pyridine rings is 1. The molecule has 7 nitrogen and oxygen atoms in total. The molecular formula is C23H26N6O. The van der Waals surface area contributed by atoms with Gasteiger partial charge in [-0.2, -0.15) is 10.2 Å². The van der Waals surface area contributed by atoms with Gasteiger partial charge in [-0.25, -0.2) is 9.67 Å². The molecule has 0 aliphatic carbocycles. The highest BCUT2D eigenvalue weighted by atomic mass is 16.1. The molecule has 30 heavy (non-hydrogen) atoms. The lowest BCUT2D eigenvalue weighted by Crippen LogP contribution is -2.27. The van der Waals surface area contributed by atoms with Crippen LogP contribution in [0.25, 0.3) is 11.0 Å². The summed E-state index contributed by atoms with van der Waals surface area (Å²) >= 11 is 0. The summed E-state index contributed by atoms with van der Waals surface area (Å²) in [5, 5.41) is 12.9. The number of rotatable bonds is 5. The van der Waals surface area contributed by atoms with E-state index in [9.17, 15) is 4.79 Å². The van der Waals surface area contributed by atoms with Crippen molar-refractivity contribution in [3.8, 4) is 0 Å². The van der Waals surface area contributed by atoms with E-state index in [1.54, 1.807) is 6.20 Å². The van der Waals surface area contributed by atoms with Crippen molar-refractivity contribution in [3.05, 3.63) is 76.4 Å². The smallest absolute Gasteiger partial charge is 0.252 e. The number of nitrogens with one attached hydrogen (secondary N) is 1. The summed E-state index contributed by atoms with van der Waals surface area (Å²) < 4.78 is 3.68. The molecule has 1 atom stereocenters. The quantitative estimate of drug-likeness (QED) is 0.553. The Morgan fingerprint density at radius 3 is 2.57 bits per heavy atom. The standard InChI is InChI=1S/C23H26N6O/c1-14-11-19(23(30)26-15(2)20-12-24-28(5)17(20)4)21-16(3)27-29(22(21)25-14)13-18-9-7-6-8-10-18/h6-12,15H,13H2,1-5H3,(H,26,30)/t15-/m0/s1. The molecule has 4 aromatic rings. The third-order valence-corrected chi connectivity index (χ3v) is 5.51. The number of aryl methyl sites for hydroxylation is 3. The van der Waals surface area contributed by atoms with Gasteiger partial charge in [-0.15, -0.1) is 0 Å². The predicted octanol–water partition coefficient (Wildman–Crippen LogP) is 3.63. The largest absolute Gasteiger partial charge is 0.345 e. The molecule has 0 bridgehead atoms. The van der Waals surface area contributed by atoms with Crippen molar-refractivity contribution in [3.63, 3.8) is 0 Å². The third-order valence-electron chi connectivity index (χ3n) is 5.51. The number of benzene rings is 1. The summed E-state index contributed by atoms with van der Waals surface area (Å²) in [7, 11) is 1.90. The Balaban J connectivity index is 1.70. The minimum atomic E-state index is -0.158. The fourth-order valence-corrected chi connectivity index (χ4v) is 3.82. The van der Waals surface area contributed by atoms with Crippen molar-refractivity contribution >= 4 is 16.9 Å². The van der Waals surface area contributed by atoms with Gasteiger partial charge >= 0.3 is 0 Å². The molecule has 0 radical (unpaired) electrons. The van der Waals surface area contributed by atoms with Gasteiger partial charge in [0.1, 0.15) is 0 Å². The molecule has 154 valence electrons. The number of carbonyl (C=O) groups is 1. The van der Waals surface area contributed by atoms with Crippen molar-refractivity contribution in [1.29, 1.82) is 0 Å². The first-order valence-corrected chi connectivity index (χ1v) is 10.0. The number of hydrogen-bond acceptors (Lipinski definition) is 4. The molecule has 0 saturated carbocycles. The second-order valence-electron chi connectivity index (χ2n) is 7.74. The molecule has 0 saturated heterocycles. The first kappa shape index (κ1) is 19.8. The van der Waals surface area contributed by atoms with Crippen molar-refractivity contribution in [2.75, 3.05) is 0 Å². The molecule has 1 aromatic carbocycles. The number of aromatic nitrogens is 5. The van der Waals surface area contributed by atoms with E-state index in [1.165, 1.54) is 0 Å². The molecule has 1 N–H and O–H groups in total. The molecule has 0 fully saturated rings. The lowest BCUT2D eigenvalue weighted by molar-refractivity contribution is 0.0941. The topological polar surface area (TPSA) is 77.6 Å². The first-order valence-electron chi connectivity index (χ1n) is 10.0. The SMILES string of the molecule is Cc1cc(C(=O)N[C@@H](C)c2cnn(C)c2C)c2c(C)nn(Cc3ccccc3)c2n1. The van der Waals surface area contributed by atoms with E-state index in [1.807, 2.05) is 68.4 Å². The van der Waals surface area contributed by atoms with Gasteiger partial charge in [0, 0.05) is 24.0 Å². The van der Waals surface area contributed by atoms with Gasteiger partial charge in [-0.3, -0.25) is 9.48 Å². The number of amides is 1. The Hall–Kier alpha value is -3.48. The number of fused-ring (bicyclic) bond motifs is 1. The van der Waals surface area contributed by atoms with Crippen molar-refractivity contribution in [2.45, 2.75) is 40.3 Å². The summed E-state index contributed by atoms with van der Waals surface area (Å²) in [5.41, 5.74) is 6.08. The third kappa shape index (κ3) is 3.58. The maximum Gasteiger partial charge on any atom is 0.252 e. The van der Waals surface area contributed by atoms with Crippen LogP contribution in [0, 0.1) is 20.8 Å². The highest BCUT2D eigenvalue weighted by Gasteiger charge is 2.21. The molecule has 4 rings (SSSR count). The van der Waals surface area contributed by atoms with Crippen LogP contribution >= 0.6 is 0 Å². The van der Waals surface area contributed by atoms with Crippen LogP contribution in [0.2, 0.25) is 0 Å². The van der Waals surface area contributed by atoms with Crippen molar-refractivity contribution in [2.24, 2.45) is 7.05 Å². The monoisotopic (exact) mass is 402 g/mol. The van der Waals surface area contributed by atoms with E-state index in [2.05, 4.69) is 27.6 Å². The van der Waals surface area contributed by atoms with Crippen LogP contribution in [-0.4, -0.2) is 30.5 Å². The Bertz CT molecular complexity index is 1220. The van der Waals surface area contributed by atoms with Crippen LogP contribution in [0.4, 0.5) is 0 Å². The zero-order valence-electron chi connectivity index (χ0n) is 18.0. The van der Waals surface area contributed by atoms with E-state index in [0.717, 1.165) is 39.2 Å². The van der Waals surface area contributed by atoms with Gasteiger partial charge in [0.25, 0.3) is 5.91 Å². The highest BCUT2D eigenvalue weighted by Crippen LogP contribution is 2.24. The van der Waals surface area contributed by atoms with E-state index in [4.69, 9.17) is 4.98 Å². The fourth-order valence-electron chi connectivity index (χ4n) is 3.82. The van der Waals surface area contributed by atoms with Crippen LogP contribution in [0.5, 0.6) is 0 Å². The summed E-state index contributed by atoms with van der Waals surface area (Å²) in [4.78, 5) is 17.9. The second kappa shape index (κ2) is 7.74. The van der Waals surface area contributed by atoms with Crippen LogP contribution in [0.15, 0.2) is 42.6 Å². The van der Waals surface area contributed by atoms with Gasteiger partial charge in [-0.1, -0.05) is 30.3 Å². The predicted molar refractivity (Wildman–Crippen MR) is 116 cm³/mol. The van der Waals surface area contributed by atoms with Crippen LogP contribution in [0.3, 0.4) is 0 Å². The maximum atomic E-state index is 13.2. The first-order chi connectivity index (χ1) is 14.3. The van der Waals surface area contributed by atoms with E-state index in [0.29, 0.717) is 12.1 Å². The molecule has 0 unspecified atom stereocenters. The van der Waals surface area contributed by atoms with Crippen LogP contribution in [0.1, 0.15) is 51.5 Å². The number of carbonyl (C=O) groups excluding carboxylic acids is 1. The Kier molecular flexibility index (Phi) is 5.11. The summed E-state index contributed by atoms with van der Waals surface area (Å²) in [6.45, 7) is 8.40. The van der Waals surface area contributed by atoms with Gasteiger partial charge < -0.3 is 5.32 Å². The molecule has 3 aromatic heterocycles. The molecular weight excluding hydrogens is 376 g/mol. The highest BCUT2D eigenvalue weighted by molar-refractivity contribution is 6.06. The molecule has 0 aliphatic heterocycles. The van der Waals surface area contributed by atoms with Crippen LogP contribution < -0.4 is 5.32 Å². The summed E-state index contributed by atoms with van der Waals surface area (Å²) in [6, 6.07) is 11.8. The normalized spacial score (nSPS) is 12.3. The lowest BCUT2D eigenvalue weighted by Gasteiger charge is -2.15.